The Kier molecular flexibility index (Phi) is 6.98. The molecule has 0 aliphatic rings. The molecule has 0 saturated heterocycles. The van der Waals surface area contributed by atoms with Gasteiger partial charge in [-0.2, -0.15) is 0 Å². The number of hydrogen-bond acceptors (Lipinski definition) is 4. The summed E-state index contributed by atoms with van der Waals surface area (Å²) < 4.78 is 1.66. The molecule has 1 unspecified atom stereocenters. The van der Waals surface area contributed by atoms with Gasteiger partial charge in [0.05, 0.1) is 16.2 Å². The lowest BCUT2D eigenvalue weighted by Crippen LogP contribution is -2.37. The van der Waals surface area contributed by atoms with Gasteiger partial charge in [0.25, 0.3) is 5.56 Å². The van der Waals surface area contributed by atoms with Crippen LogP contribution in [0.25, 0.3) is 10.9 Å². The molecule has 1 atom stereocenters. The first-order chi connectivity index (χ1) is 14.0. The second kappa shape index (κ2) is 9.46. The SMILES string of the molecule is CCCn1c(SC(C)C(=O)N(CC)c2ccccc2)nc2cc(Cl)ccc2c1=O. The average molecular weight is 430 g/mol. The van der Waals surface area contributed by atoms with Crippen LogP contribution in [-0.2, 0) is 11.3 Å². The summed E-state index contributed by atoms with van der Waals surface area (Å²) in [5.41, 5.74) is 1.30. The Hall–Kier alpha value is -2.31. The molecule has 0 spiro atoms. The van der Waals surface area contributed by atoms with E-state index in [1.807, 2.05) is 51.1 Å². The Balaban J connectivity index is 1.96. The third kappa shape index (κ3) is 4.65. The van der Waals surface area contributed by atoms with Crippen molar-refractivity contribution < 1.29 is 4.79 Å². The molecule has 0 bridgehead atoms. The Morgan fingerprint density at radius 1 is 1.21 bits per heavy atom. The predicted molar refractivity (Wildman–Crippen MR) is 121 cm³/mol. The molecule has 1 amide bonds. The van der Waals surface area contributed by atoms with Crippen LogP contribution in [0.3, 0.4) is 0 Å². The van der Waals surface area contributed by atoms with Gasteiger partial charge in [-0.05, 0) is 50.6 Å². The van der Waals surface area contributed by atoms with E-state index in [0.29, 0.717) is 34.2 Å². The molecule has 3 rings (SSSR count). The topological polar surface area (TPSA) is 55.2 Å². The fourth-order valence-corrected chi connectivity index (χ4v) is 4.35. The third-order valence-electron chi connectivity index (χ3n) is 4.61. The van der Waals surface area contributed by atoms with E-state index < -0.39 is 5.25 Å². The quantitative estimate of drug-likeness (QED) is 0.392. The van der Waals surface area contributed by atoms with Gasteiger partial charge in [0, 0.05) is 23.8 Å². The fraction of sp³-hybridized carbons (Fsp3) is 0.318. The van der Waals surface area contributed by atoms with Crippen molar-refractivity contribution in [3.8, 4) is 0 Å². The highest BCUT2D eigenvalue weighted by Gasteiger charge is 2.24. The van der Waals surface area contributed by atoms with Crippen molar-refractivity contribution in [1.29, 1.82) is 0 Å². The number of hydrogen-bond donors (Lipinski definition) is 0. The van der Waals surface area contributed by atoms with Crippen LogP contribution < -0.4 is 10.5 Å². The number of rotatable bonds is 7. The maximum Gasteiger partial charge on any atom is 0.262 e. The summed E-state index contributed by atoms with van der Waals surface area (Å²) in [7, 11) is 0. The number of fused-ring (bicyclic) bond motifs is 1. The number of carbonyl (C=O) groups excluding carboxylic acids is 1. The molecule has 5 nitrogen and oxygen atoms in total. The van der Waals surface area contributed by atoms with Crippen molar-refractivity contribution in [3.63, 3.8) is 0 Å². The van der Waals surface area contributed by atoms with Crippen molar-refractivity contribution in [1.82, 2.24) is 9.55 Å². The summed E-state index contributed by atoms with van der Waals surface area (Å²) >= 11 is 7.40. The first-order valence-electron chi connectivity index (χ1n) is 9.69. The Bertz CT molecular complexity index is 1070. The number of anilines is 1. The largest absolute Gasteiger partial charge is 0.312 e. The number of benzene rings is 2. The average Bonchev–Trinajstić information content (AvgIpc) is 2.72. The first-order valence-corrected chi connectivity index (χ1v) is 10.9. The molecule has 0 radical (unpaired) electrons. The molecule has 152 valence electrons. The Labute approximate surface area is 179 Å². The third-order valence-corrected chi connectivity index (χ3v) is 5.92. The van der Waals surface area contributed by atoms with E-state index in [4.69, 9.17) is 11.6 Å². The number of nitrogens with zero attached hydrogens (tertiary/aromatic N) is 3. The molecule has 0 aliphatic heterocycles. The van der Waals surface area contributed by atoms with Crippen LogP contribution in [0, 0.1) is 0 Å². The summed E-state index contributed by atoms with van der Waals surface area (Å²) in [6.45, 7) is 6.92. The van der Waals surface area contributed by atoms with Gasteiger partial charge in [0.2, 0.25) is 5.91 Å². The summed E-state index contributed by atoms with van der Waals surface area (Å²) in [5.74, 6) is -0.0211. The zero-order chi connectivity index (χ0) is 21.0. The van der Waals surface area contributed by atoms with Crippen molar-refractivity contribution in [2.24, 2.45) is 0 Å². The van der Waals surface area contributed by atoms with Crippen LogP contribution in [0.1, 0.15) is 27.2 Å². The molecule has 29 heavy (non-hydrogen) atoms. The second-order valence-electron chi connectivity index (χ2n) is 6.69. The monoisotopic (exact) mass is 429 g/mol. The highest BCUT2D eigenvalue weighted by molar-refractivity contribution is 8.00. The molecule has 1 aromatic heterocycles. The maximum absolute atomic E-state index is 13.1. The van der Waals surface area contributed by atoms with Crippen LogP contribution in [-0.4, -0.2) is 27.3 Å². The minimum Gasteiger partial charge on any atom is -0.312 e. The predicted octanol–water partition coefficient (Wildman–Crippen LogP) is 4.99. The van der Waals surface area contributed by atoms with Crippen LogP contribution in [0.15, 0.2) is 58.5 Å². The molecule has 0 fully saturated rings. The molecule has 7 heteroatoms. The molecule has 3 aromatic rings. The lowest BCUT2D eigenvalue weighted by atomic mass is 10.2. The fourth-order valence-electron chi connectivity index (χ4n) is 3.19. The van der Waals surface area contributed by atoms with Gasteiger partial charge in [-0.25, -0.2) is 4.98 Å². The van der Waals surface area contributed by atoms with E-state index >= 15 is 0 Å². The normalized spacial score (nSPS) is 12.1. The van der Waals surface area contributed by atoms with Gasteiger partial charge in [-0.3, -0.25) is 14.2 Å². The van der Waals surface area contributed by atoms with Gasteiger partial charge < -0.3 is 4.90 Å². The maximum atomic E-state index is 13.1. The highest BCUT2D eigenvalue weighted by Crippen LogP contribution is 2.26. The van der Waals surface area contributed by atoms with Crippen molar-refractivity contribution >= 4 is 45.9 Å². The number of carbonyl (C=O) groups is 1. The van der Waals surface area contributed by atoms with Crippen molar-refractivity contribution in [2.75, 3.05) is 11.4 Å². The number of halogens is 1. The molecule has 0 saturated carbocycles. The number of thioether (sulfide) groups is 1. The molecule has 0 N–H and O–H groups in total. The van der Waals surface area contributed by atoms with Gasteiger partial charge in [0.15, 0.2) is 5.16 Å². The Morgan fingerprint density at radius 3 is 2.59 bits per heavy atom. The van der Waals surface area contributed by atoms with Crippen LogP contribution in [0.4, 0.5) is 5.69 Å². The lowest BCUT2D eigenvalue weighted by Gasteiger charge is -2.24. The summed E-state index contributed by atoms with van der Waals surface area (Å²) in [4.78, 5) is 32.5. The smallest absolute Gasteiger partial charge is 0.262 e. The molecule has 0 aliphatic carbocycles. The molecule has 1 heterocycles. The van der Waals surface area contributed by atoms with E-state index in [-0.39, 0.29) is 11.5 Å². The second-order valence-corrected chi connectivity index (χ2v) is 8.44. The summed E-state index contributed by atoms with van der Waals surface area (Å²) in [6, 6.07) is 14.7. The first kappa shape index (κ1) is 21.4. The van der Waals surface area contributed by atoms with Gasteiger partial charge >= 0.3 is 0 Å². The summed E-state index contributed by atoms with van der Waals surface area (Å²) in [6.07, 6.45) is 0.793. The van der Waals surface area contributed by atoms with E-state index in [0.717, 1.165) is 12.1 Å². The van der Waals surface area contributed by atoms with E-state index in [9.17, 15) is 9.59 Å². The van der Waals surface area contributed by atoms with Crippen molar-refractivity contribution in [3.05, 3.63) is 63.9 Å². The van der Waals surface area contributed by atoms with Gasteiger partial charge in [-0.1, -0.05) is 48.5 Å². The standard InChI is InChI=1S/C22H24ClN3O2S/c1-4-13-26-21(28)18-12-11-16(23)14-19(18)24-22(26)29-15(3)20(27)25(5-2)17-9-7-6-8-10-17/h6-12,14-15H,4-5,13H2,1-3H3. The van der Waals surface area contributed by atoms with E-state index in [1.54, 1.807) is 27.7 Å². The zero-order valence-corrected chi connectivity index (χ0v) is 18.3. The van der Waals surface area contributed by atoms with E-state index in [2.05, 4.69) is 4.98 Å². The highest BCUT2D eigenvalue weighted by atomic mass is 35.5. The minimum absolute atomic E-state index is 0.0211. The number of aromatic nitrogens is 2. The van der Waals surface area contributed by atoms with Crippen LogP contribution in [0.2, 0.25) is 5.02 Å². The van der Waals surface area contributed by atoms with E-state index in [1.165, 1.54) is 11.8 Å². The van der Waals surface area contributed by atoms with Crippen molar-refractivity contribution in [2.45, 2.75) is 44.1 Å². The Morgan fingerprint density at radius 2 is 1.93 bits per heavy atom. The van der Waals surface area contributed by atoms with Gasteiger partial charge in [0.1, 0.15) is 0 Å². The lowest BCUT2D eigenvalue weighted by molar-refractivity contribution is -0.117. The number of para-hydroxylation sites is 1. The van der Waals surface area contributed by atoms with Crippen LogP contribution in [0.5, 0.6) is 0 Å². The van der Waals surface area contributed by atoms with Crippen LogP contribution >= 0.6 is 23.4 Å². The summed E-state index contributed by atoms with van der Waals surface area (Å²) in [5, 5.41) is 1.20. The number of amides is 1. The molecule has 2 aromatic carbocycles. The van der Waals surface area contributed by atoms with Gasteiger partial charge in [-0.15, -0.1) is 0 Å². The minimum atomic E-state index is -0.401. The molecular weight excluding hydrogens is 406 g/mol. The zero-order valence-electron chi connectivity index (χ0n) is 16.8. The molecular formula is C22H24ClN3O2S.